The van der Waals surface area contributed by atoms with Gasteiger partial charge < -0.3 is 10.1 Å². The third-order valence-electron chi connectivity index (χ3n) is 2.83. The summed E-state index contributed by atoms with van der Waals surface area (Å²) in [7, 11) is 0. The summed E-state index contributed by atoms with van der Waals surface area (Å²) in [6.07, 6.45) is 2.67. The fourth-order valence-corrected chi connectivity index (χ4v) is 2.92. The molecule has 2 nitrogen and oxygen atoms in total. The number of hydrogen-bond donors (Lipinski definition) is 1. The predicted octanol–water partition coefficient (Wildman–Crippen LogP) is 4.22. The molecule has 1 aromatic carbocycles. The molecule has 2 atom stereocenters. The standard InChI is InChI=1S/C12H14BrClFNO/c1-7-2-3-9(17-7)6-16-12-10(13)4-8(15)5-11(12)14/h4-5,7,9,16H,2-3,6H2,1H3. The summed E-state index contributed by atoms with van der Waals surface area (Å²) >= 11 is 9.27. The molecule has 0 aromatic heterocycles. The van der Waals surface area contributed by atoms with Crippen LogP contribution in [0.25, 0.3) is 0 Å². The van der Waals surface area contributed by atoms with Gasteiger partial charge in [0.2, 0.25) is 0 Å². The van der Waals surface area contributed by atoms with Crippen molar-refractivity contribution in [2.75, 3.05) is 11.9 Å². The number of rotatable bonds is 3. The Morgan fingerprint density at radius 3 is 2.88 bits per heavy atom. The van der Waals surface area contributed by atoms with E-state index in [0.717, 1.165) is 18.5 Å². The van der Waals surface area contributed by atoms with Crippen molar-refractivity contribution in [3.8, 4) is 0 Å². The van der Waals surface area contributed by atoms with Crippen LogP contribution in [0, 0.1) is 5.82 Å². The summed E-state index contributed by atoms with van der Waals surface area (Å²) in [4.78, 5) is 0. The first-order valence-electron chi connectivity index (χ1n) is 5.60. The lowest BCUT2D eigenvalue weighted by molar-refractivity contribution is 0.0637. The molecule has 94 valence electrons. The van der Waals surface area contributed by atoms with Gasteiger partial charge in [0.1, 0.15) is 5.82 Å². The van der Waals surface area contributed by atoms with E-state index in [9.17, 15) is 4.39 Å². The second-order valence-electron chi connectivity index (χ2n) is 4.27. The van der Waals surface area contributed by atoms with Gasteiger partial charge in [-0.15, -0.1) is 0 Å². The molecule has 1 aliphatic heterocycles. The number of benzene rings is 1. The summed E-state index contributed by atoms with van der Waals surface area (Å²) < 4.78 is 19.4. The lowest BCUT2D eigenvalue weighted by Gasteiger charge is -2.15. The average Bonchev–Trinajstić information content (AvgIpc) is 2.62. The minimum Gasteiger partial charge on any atom is -0.380 e. The predicted molar refractivity (Wildman–Crippen MR) is 71.2 cm³/mol. The van der Waals surface area contributed by atoms with Gasteiger partial charge in [-0.05, 0) is 47.8 Å². The molecule has 1 aliphatic rings. The Morgan fingerprint density at radius 2 is 2.29 bits per heavy atom. The van der Waals surface area contributed by atoms with Crippen molar-refractivity contribution in [2.24, 2.45) is 0 Å². The summed E-state index contributed by atoms with van der Waals surface area (Å²) in [6.45, 7) is 2.76. The molecule has 1 aromatic rings. The minimum absolute atomic E-state index is 0.206. The maximum Gasteiger partial charge on any atom is 0.125 e. The molecule has 17 heavy (non-hydrogen) atoms. The normalized spacial score (nSPS) is 24.0. The first-order chi connectivity index (χ1) is 8.06. The van der Waals surface area contributed by atoms with Gasteiger partial charge in [0.25, 0.3) is 0 Å². The van der Waals surface area contributed by atoms with Gasteiger partial charge in [-0.25, -0.2) is 4.39 Å². The number of anilines is 1. The van der Waals surface area contributed by atoms with E-state index in [1.165, 1.54) is 12.1 Å². The SMILES string of the molecule is CC1CCC(CNc2c(Cl)cc(F)cc2Br)O1. The molecule has 1 N–H and O–H groups in total. The molecule has 5 heteroatoms. The molecule has 2 rings (SSSR count). The molecule has 2 unspecified atom stereocenters. The Morgan fingerprint density at radius 1 is 1.53 bits per heavy atom. The highest BCUT2D eigenvalue weighted by atomic mass is 79.9. The molecule has 0 bridgehead atoms. The quantitative estimate of drug-likeness (QED) is 0.899. The smallest absolute Gasteiger partial charge is 0.125 e. The molecule has 0 radical (unpaired) electrons. The molecule has 0 spiro atoms. The number of ether oxygens (including phenoxy) is 1. The highest BCUT2D eigenvalue weighted by molar-refractivity contribution is 9.10. The van der Waals surface area contributed by atoms with E-state index in [1.807, 2.05) is 0 Å². The van der Waals surface area contributed by atoms with Gasteiger partial charge in [0.05, 0.1) is 22.9 Å². The molecule has 0 amide bonds. The molecular formula is C12H14BrClFNO. The van der Waals surface area contributed by atoms with Crippen molar-refractivity contribution >= 4 is 33.2 Å². The summed E-state index contributed by atoms with van der Waals surface area (Å²) in [6, 6.07) is 2.69. The lowest BCUT2D eigenvalue weighted by atomic mass is 10.2. The van der Waals surface area contributed by atoms with Crippen LogP contribution < -0.4 is 5.32 Å². The monoisotopic (exact) mass is 321 g/mol. The summed E-state index contributed by atoms with van der Waals surface area (Å²) in [5.74, 6) is -0.349. The van der Waals surface area contributed by atoms with E-state index in [4.69, 9.17) is 16.3 Å². The van der Waals surface area contributed by atoms with Crippen LogP contribution in [0.5, 0.6) is 0 Å². The van der Waals surface area contributed by atoms with Crippen LogP contribution in [0.3, 0.4) is 0 Å². The van der Waals surface area contributed by atoms with Gasteiger partial charge in [-0.2, -0.15) is 0 Å². The zero-order valence-corrected chi connectivity index (χ0v) is 11.8. The van der Waals surface area contributed by atoms with Gasteiger partial charge >= 0.3 is 0 Å². The average molecular weight is 323 g/mol. The molecule has 0 saturated carbocycles. The fraction of sp³-hybridized carbons (Fsp3) is 0.500. The molecule has 1 fully saturated rings. The van der Waals surface area contributed by atoms with Crippen molar-refractivity contribution in [3.05, 3.63) is 27.4 Å². The molecule has 1 saturated heterocycles. The highest BCUT2D eigenvalue weighted by Crippen LogP contribution is 2.32. The van der Waals surface area contributed by atoms with Crippen molar-refractivity contribution in [1.82, 2.24) is 0 Å². The van der Waals surface area contributed by atoms with Gasteiger partial charge in [0, 0.05) is 11.0 Å². The van der Waals surface area contributed by atoms with E-state index in [2.05, 4.69) is 28.2 Å². The lowest BCUT2D eigenvalue weighted by Crippen LogP contribution is -2.20. The second-order valence-corrected chi connectivity index (χ2v) is 5.53. The van der Waals surface area contributed by atoms with Crippen LogP contribution in [0.4, 0.5) is 10.1 Å². The van der Waals surface area contributed by atoms with Crippen LogP contribution in [0.2, 0.25) is 5.02 Å². The maximum absolute atomic E-state index is 13.0. The van der Waals surface area contributed by atoms with Crippen molar-refractivity contribution in [3.63, 3.8) is 0 Å². The van der Waals surface area contributed by atoms with Crippen molar-refractivity contribution in [2.45, 2.75) is 32.0 Å². The zero-order valence-electron chi connectivity index (χ0n) is 9.47. The van der Waals surface area contributed by atoms with E-state index >= 15 is 0 Å². The Kier molecular flexibility index (Phi) is 4.28. The molecule has 0 aliphatic carbocycles. The van der Waals surface area contributed by atoms with Gasteiger partial charge in [-0.1, -0.05) is 11.6 Å². The molecule has 1 heterocycles. The minimum atomic E-state index is -0.349. The van der Waals surface area contributed by atoms with Gasteiger partial charge in [-0.3, -0.25) is 0 Å². The van der Waals surface area contributed by atoms with E-state index < -0.39 is 0 Å². The van der Waals surface area contributed by atoms with Crippen LogP contribution in [0.15, 0.2) is 16.6 Å². The number of halogens is 3. The van der Waals surface area contributed by atoms with Crippen LogP contribution in [-0.2, 0) is 4.74 Å². The van der Waals surface area contributed by atoms with Crippen LogP contribution in [-0.4, -0.2) is 18.8 Å². The van der Waals surface area contributed by atoms with E-state index in [-0.39, 0.29) is 11.9 Å². The van der Waals surface area contributed by atoms with Crippen LogP contribution >= 0.6 is 27.5 Å². The number of hydrogen-bond acceptors (Lipinski definition) is 2. The third kappa shape index (κ3) is 3.33. The second kappa shape index (κ2) is 5.55. The zero-order chi connectivity index (χ0) is 12.4. The Hall–Kier alpha value is -0.320. The van der Waals surface area contributed by atoms with Crippen LogP contribution in [0.1, 0.15) is 19.8 Å². The number of nitrogens with one attached hydrogen (secondary N) is 1. The van der Waals surface area contributed by atoms with Crippen molar-refractivity contribution in [1.29, 1.82) is 0 Å². The topological polar surface area (TPSA) is 21.3 Å². The summed E-state index contributed by atoms with van der Waals surface area (Å²) in [5.41, 5.74) is 0.719. The Labute approximate surface area is 114 Å². The Balaban J connectivity index is 1.99. The fourth-order valence-electron chi connectivity index (χ4n) is 1.96. The van der Waals surface area contributed by atoms with Gasteiger partial charge in [0.15, 0.2) is 0 Å². The highest BCUT2D eigenvalue weighted by Gasteiger charge is 2.21. The first-order valence-corrected chi connectivity index (χ1v) is 6.77. The van der Waals surface area contributed by atoms with Crippen molar-refractivity contribution < 1.29 is 9.13 Å². The summed E-state index contributed by atoms with van der Waals surface area (Å²) in [5, 5.41) is 3.58. The molecular weight excluding hydrogens is 308 g/mol. The third-order valence-corrected chi connectivity index (χ3v) is 3.76. The van der Waals surface area contributed by atoms with E-state index in [0.29, 0.717) is 22.1 Å². The maximum atomic E-state index is 13.0. The largest absolute Gasteiger partial charge is 0.380 e. The van der Waals surface area contributed by atoms with E-state index in [1.54, 1.807) is 0 Å². The first kappa shape index (κ1) is 13.1. The Bertz CT molecular complexity index is 392.